The van der Waals surface area contributed by atoms with E-state index >= 15 is 0 Å². The highest BCUT2D eigenvalue weighted by atomic mass is 16.1. The van der Waals surface area contributed by atoms with Gasteiger partial charge in [-0.2, -0.15) is 0 Å². The zero-order valence-electron chi connectivity index (χ0n) is 9.18. The molecular weight excluding hydrogens is 160 g/mol. The highest BCUT2D eigenvalue weighted by molar-refractivity contribution is 5.78. The van der Waals surface area contributed by atoms with Gasteiger partial charge in [0.15, 0.2) is 0 Å². The molecule has 0 aromatic carbocycles. The van der Waals surface area contributed by atoms with Crippen molar-refractivity contribution in [2.24, 2.45) is 17.8 Å². The predicted molar refractivity (Wildman–Crippen MR) is 55.6 cm³/mol. The van der Waals surface area contributed by atoms with Crippen molar-refractivity contribution in [1.82, 2.24) is 0 Å². The van der Waals surface area contributed by atoms with Crippen LogP contribution < -0.4 is 0 Å². The van der Waals surface area contributed by atoms with E-state index < -0.39 is 0 Å². The van der Waals surface area contributed by atoms with Gasteiger partial charge in [-0.15, -0.1) is 0 Å². The van der Waals surface area contributed by atoms with Gasteiger partial charge in [0.2, 0.25) is 0 Å². The molecule has 0 aromatic rings. The van der Waals surface area contributed by atoms with Crippen LogP contribution in [0.5, 0.6) is 0 Å². The van der Waals surface area contributed by atoms with Crippen molar-refractivity contribution in [3.63, 3.8) is 0 Å². The molecule has 1 aliphatic rings. The number of hydrogen-bond acceptors (Lipinski definition) is 1. The predicted octanol–water partition coefficient (Wildman–Crippen LogP) is 3.43. The van der Waals surface area contributed by atoms with Crippen LogP contribution in [-0.4, -0.2) is 5.78 Å². The van der Waals surface area contributed by atoms with E-state index in [4.69, 9.17) is 0 Å². The smallest absolute Gasteiger partial charge is 0.132 e. The van der Waals surface area contributed by atoms with Crippen molar-refractivity contribution in [2.75, 3.05) is 0 Å². The Balaban J connectivity index is 2.29. The summed E-state index contributed by atoms with van der Waals surface area (Å²) in [6.45, 7) is 6.57. The van der Waals surface area contributed by atoms with Crippen LogP contribution in [0.1, 0.15) is 52.9 Å². The zero-order valence-corrected chi connectivity index (χ0v) is 9.18. The van der Waals surface area contributed by atoms with Crippen molar-refractivity contribution >= 4 is 5.78 Å². The third-order valence-electron chi connectivity index (χ3n) is 3.44. The first-order valence-electron chi connectivity index (χ1n) is 5.65. The molecule has 76 valence electrons. The van der Waals surface area contributed by atoms with Gasteiger partial charge < -0.3 is 0 Å². The standard InChI is InChI=1S/C12H22O/c1-4-12(13)8-10-5-6-11(7-10)9(2)3/h9-11H,4-8H2,1-3H3/t10-,11-/m1/s1. The summed E-state index contributed by atoms with van der Waals surface area (Å²) in [5.74, 6) is 2.85. The fraction of sp³-hybridized carbons (Fsp3) is 0.917. The van der Waals surface area contributed by atoms with Gasteiger partial charge in [0.05, 0.1) is 0 Å². The Morgan fingerprint density at radius 3 is 2.54 bits per heavy atom. The molecule has 1 fully saturated rings. The van der Waals surface area contributed by atoms with Crippen LogP contribution in [0.15, 0.2) is 0 Å². The molecule has 0 aliphatic heterocycles. The van der Waals surface area contributed by atoms with E-state index in [0.717, 1.165) is 24.7 Å². The maximum absolute atomic E-state index is 11.2. The number of carbonyl (C=O) groups is 1. The van der Waals surface area contributed by atoms with E-state index in [2.05, 4.69) is 13.8 Å². The van der Waals surface area contributed by atoms with Crippen LogP contribution in [0.2, 0.25) is 0 Å². The summed E-state index contributed by atoms with van der Waals surface area (Å²) in [6, 6.07) is 0. The summed E-state index contributed by atoms with van der Waals surface area (Å²) in [5.41, 5.74) is 0. The number of rotatable bonds is 4. The molecule has 1 nitrogen and oxygen atoms in total. The van der Waals surface area contributed by atoms with Crippen molar-refractivity contribution < 1.29 is 4.79 Å². The molecule has 0 amide bonds. The van der Waals surface area contributed by atoms with E-state index in [-0.39, 0.29) is 0 Å². The normalized spacial score (nSPS) is 28.3. The number of ketones is 1. The highest BCUT2D eigenvalue weighted by Crippen LogP contribution is 2.37. The third-order valence-corrected chi connectivity index (χ3v) is 3.44. The lowest BCUT2D eigenvalue weighted by atomic mass is 9.92. The fourth-order valence-electron chi connectivity index (χ4n) is 2.37. The molecule has 0 radical (unpaired) electrons. The molecule has 1 aliphatic carbocycles. The molecule has 1 rings (SSSR count). The minimum atomic E-state index is 0.453. The minimum absolute atomic E-state index is 0.453. The minimum Gasteiger partial charge on any atom is -0.300 e. The molecule has 0 N–H and O–H groups in total. The van der Waals surface area contributed by atoms with Crippen molar-refractivity contribution in [1.29, 1.82) is 0 Å². The van der Waals surface area contributed by atoms with Crippen molar-refractivity contribution in [2.45, 2.75) is 52.9 Å². The van der Waals surface area contributed by atoms with Gasteiger partial charge in [-0.1, -0.05) is 20.8 Å². The Morgan fingerprint density at radius 1 is 1.38 bits per heavy atom. The third kappa shape index (κ3) is 3.13. The summed E-state index contributed by atoms with van der Waals surface area (Å²) in [5, 5.41) is 0. The van der Waals surface area contributed by atoms with E-state index in [0.29, 0.717) is 11.7 Å². The molecule has 1 heteroatoms. The number of hydrogen-bond donors (Lipinski definition) is 0. The van der Waals surface area contributed by atoms with Gasteiger partial charge in [0, 0.05) is 12.8 Å². The van der Waals surface area contributed by atoms with Gasteiger partial charge in [-0.3, -0.25) is 4.79 Å². The van der Waals surface area contributed by atoms with Crippen LogP contribution in [-0.2, 0) is 4.79 Å². The van der Waals surface area contributed by atoms with E-state index in [1.54, 1.807) is 0 Å². The Hall–Kier alpha value is -0.330. The first-order chi connectivity index (χ1) is 6.13. The van der Waals surface area contributed by atoms with Crippen LogP contribution in [0.4, 0.5) is 0 Å². The molecule has 0 bridgehead atoms. The molecule has 2 atom stereocenters. The maximum Gasteiger partial charge on any atom is 0.132 e. The van der Waals surface area contributed by atoms with Crippen LogP contribution in [0, 0.1) is 17.8 Å². The molecule has 0 unspecified atom stereocenters. The maximum atomic E-state index is 11.2. The lowest BCUT2D eigenvalue weighted by molar-refractivity contribution is -0.119. The Bertz CT molecular complexity index is 172. The molecule has 0 aromatic heterocycles. The first kappa shape index (κ1) is 10.7. The molecule has 0 spiro atoms. The highest BCUT2D eigenvalue weighted by Gasteiger charge is 2.27. The van der Waals surface area contributed by atoms with Crippen LogP contribution >= 0.6 is 0 Å². The Morgan fingerprint density at radius 2 is 2.08 bits per heavy atom. The second-order valence-electron chi connectivity index (χ2n) is 4.78. The summed E-state index contributed by atoms with van der Waals surface area (Å²) in [6.07, 6.45) is 5.50. The van der Waals surface area contributed by atoms with Gasteiger partial charge in [-0.25, -0.2) is 0 Å². The summed E-state index contributed by atoms with van der Waals surface area (Å²) in [4.78, 5) is 11.2. The molecular formula is C12H22O. The average molecular weight is 182 g/mol. The molecule has 13 heavy (non-hydrogen) atoms. The molecule has 1 saturated carbocycles. The number of carbonyl (C=O) groups excluding carboxylic acids is 1. The fourth-order valence-corrected chi connectivity index (χ4v) is 2.37. The van der Waals surface area contributed by atoms with Gasteiger partial charge in [0.25, 0.3) is 0 Å². The van der Waals surface area contributed by atoms with Crippen LogP contribution in [0.3, 0.4) is 0 Å². The Kier molecular flexibility index (Phi) is 3.95. The average Bonchev–Trinajstić information content (AvgIpc) is 2.52. The van der Waals surface area contributed by atoms with Crippen molar-refractivity contribution in [3.05, 3.63) is 0 Å². The largest absolute Gasteiger partial charge is 0.300 e. The summed E-state index contributed by atoms with van der Waals surface area (Å²) in [7, 11) is 0. The van der Waals surface area contributed by atoms with Gasteiger partial charge in [0.1, 0.15) is 5.78 Å². The Labute approximate surface area is 81.9 Å². The van der Waals surface area contributed by atoms with Gasteiger partial charge in [-0.05, 0) is 37.0 Å². The first-order valence-corrected chi connectivity index (χ1v) is 5.65. The van der Waals surface area contributed by atoms with E-state index in [9.17, 15) is 4.79 Å². The second-order valence-corrected chi connectivity index (χ2v) is 4.78. The van der Waals surface area contributed by atoms with Gasteiger partial charge >= 0.3 is 0 Å². The summed E-state index contributed by atoms with van der Waals surface area (Å²) >= 11 is 0. The SMILES string of the molecule is CCC(=O)C[C@@H]1CC[C@@H](C(C)C)C1. The van der Waals surface area contributed by atoms with E-state index in [1.165, 1.54) is 19.3 Å². The van der Waals surface area contributed by atoms with Crippen LogP contribution in [0.25, 0.3) is 0 Å². The quantitative estimate of drug-likeness (QED) is 0.651. The monoisotopic (exact) mass is 182 g/mol. The summed E-state index contributed by atoms with van der Waals surface area (Å²) < 4.78 is 0. The number of Topliss-reactive ketones (excluding diaryl/α,β-unsaturated/α-hetero) is 1. The lowest BCUT2D eigenvalue weighted by Gasteiger charge is -2.13. The zero-order chi connectivity index (χ0) is 9.84. The molecule has 0 saturated heterocycles. The second kappa shape index (κ2) is 4.78. The van der Waals surface area contributed by atoms with Crippen molar-refractivity contribution in [3.8, 4) is 0 Å². The molecule has 0 heterocycles. The van der Waals surface area contributed by atoms with E-state index in [1.807, 2.05) is 6.92 Å². The topological polar surface area (TPSA) is 17.1 Å². The lowest BCUT2D eigenvalue weighted by Crippen LogP contribution is -2.07.